The van der Waals surface area contributed by atoms with Gasteiger partial charge in [-0.05, 0) is 47.9 Å². The summed E-state index contributed by atoms with van der Waals surface area (Å²) in [6.07, 6.45) is 1.30. The van der Waals surface area contributed by atoms with Gasteiger partial charge in [-0.15, -0.1) is 0 Å². The van der Waals surface area contributed by atoms with E-state index >= 15 is 0 Å². The Kier molecular flexibility index (Phi) is 6.65. The minimum Gasteiger partial charge on any atom is -0.495 e. The minimum atomic E-state index is -0.0707. The molecule has 1 aliphatic rings. The van der Waals surface area contributed by atoms with E-state index < -0.39 is 0 Å². The van der Waals surface area contributed by atoms with Crippen molar-refractivity contribution in [3.63, 3.8) is 0 Å². The maximum atomic E-state index is 12.4. The first-order valence-electron chi connectivity index (χ1n) is 9.13. The predicted octanol–water partition coefficient (Wildman–Crippen LogP) is 3.75. The zero-order valence-corrected chi connectivity index (χ0v) is 17.1. The van der Waals surface area contributed by atoms with Crippen molar-refractivity contribution in [1.29, 1.82) is 0 Å². The highest BCUT2D eigenvalue weighted by molar-refractivity contribution is 6.31. The average molecular weight is 405 g/mol. The van der Waals surface area contributed by atoms with E-state index in [0.29, 0.717) is 29.4 Å². The minimum absolute atomic E-state index is 0.0707. The summed E-state index contributed by atoms with van der Waals surface area (Å²) in [4.78, 5) is 14.7. The summed E-state index contributed by atoms with van der Waals surface area (Å²) >= 11 is 6.02. The molecule has 6 nitrogen and oxygen atoms in total. The molecule has 0 aliphatic carbocycles. The lowest BCUT2D eigenvalue weighted by atomic mass is 9.98. The van der Waals surface area contributed by atoms with Crippen molar-refractivity contribution in [2.24, 2.45) is 0 Å². The van der Waals surface area contributed by atoms with Crippen molar-refractivity contribution in [3.05, 3.63) is 46.5 Å². The third kappa shape index (κ3) is 4.69. The average Bonchev–Trinajstić information content (AvgIpc) is 2.71. The molecule has 150 valence electrons. The molecular weight excluding hydrogens is 380 g/mol. The molecule has 0 bridgehead atoms. The Morgan fingerprint density at radius 1 is 1.04 bits per heavy atom. The summed E-state index contributed by atoms with van der Waals surface area (Å²) in [5, 5.41) is 3.43. The lowest BCUT2D eigenvalue weighted by molar-refractivity contribution is -0.116. The van der Waals surface area contributed by atoms with Gasteiger partial charge in [0, 0.05) is 31.1 Å². The number of carbonyl (C=O) groups is 1. The first-order chi connectivity index (χ1) is 13.5. The summed E-state index contributed by atoms with van der Waals surface area (Å²) in [6.45, 7) is 2.35. The molecule has 0 aromatic heterocycles. The molecule has 0 radical (unpaired) electrons. The maximum absolute atomic E-state index is 12.4. The fourth-order valence-corrected chi connectivity index (χ4v) is 3.55. The fourth-order valence-electron chi connectivity index (χ4n) is 3.38. The molecule has 1 aliphatic heterocycles. The van der Waals surface area contributed by atoms with Gasteiger partial charge >= 0.3 is 0 Å². The van der Waals surface area contributed by atoms with Gasteiger partial charge in [-0.2, -0.15) is 0 Å². The second-order valence-electron chi connectivity index (χ2n) is 6.64. The summed E-state index contributed by atoms with van der Waals surface area (Å²) < 4.78 is 16.1. The van der Waals surface area contributed by atoms with Crippen LogP contribution < -0.4 is 19.5 Å². The normalized spacial score (nSPS) is 13.6. The van der Waals surface area contributed by atoms with E-state index in [1.807, 2.05) is 12.1 Å². The molecule has 1 N–H and O–H groups in total. The Labute approximate surface area is 170 Å². The number of fused-ring (bicyclic) bond motifs is 1. The van der Waals surface area contributed by atoms with Gasteiger partial charge in [0.1, 0.15) is 5.75 Å². The molecule has 2 aromatic rings. The number of rotatable bonds is 7. The Balaban J connectivity index is 1.59. The Morgan fingerprint density at radius 3 is 2.39 bits per heavy atom. The molecule has 28 heavy (non-hydrogen) atoms. The van der Waals surface area contributed by atoms with Crippen molar-refractivity contribution < 1.29 is 19.0 Å². The van der Waals surface area contributed by atoms with Gasteiger partial charge in [-0.3, -0.25) is 9.69 Å². The van der Waals surface area contributed by atoms with Gasteiger partial charge < -0.3 is 19.5 Å². The van der Waals surface area contributed by atoms with Crippen LogP contribution >= 0.6 is 11.6 Å². The standard InChI is InChI=1S/C21H25ClN2O4/c1-26-18-5-4-16(22)12-17(18)23-21(25)7-9-24-8-6-14-10-19(27-2)20(28-3)11-15(14)13-24/h4-5,10-12H,6-9,13H2,1-3H3,(H,23,25). The molecule has 2 aromatic carbocycles. The fraction of sp³-hybridized carbons (Fsp3) is 0.381. The molecule has 0 saturated heterocycles. The number of carbonyl (C=O) groups excluding carboxylic acids is 1. The Hall–Kier alpha value is -2.44. The second-order valence-corrected chi connectivity index (χ2v) is 7.08. The van der Waals surface area contributed by atoms with Gasteiger partial charge in [0.15, 0.2) is 11.5 Å². The van der Waals surface area contributed by atoms with Crippen LogP contribution in [0.2, 0.25) is 5.02 Å². The quantitative estimate of drug-likeness (QED) is 0.761. The number of ether oxygens (including phenoxy) is 3. The number of halogens is 1. The number of nitrogens with zero attached hydrogens (tertiary/aromatic N) is 1. The molecule has 0 saturated carbocycles. The van der Waals surface area contributed by atoms with Crippen molar-refractivity contribution in [2.45, 2.75) is 19.4 Å². The predicted molar refractivity (Wildman–Crippen MR) is 110 cm³/mol. The summed E-state index contributed by atoms with van der Waals surface area (Å²) in [7, 11) is 4.85. The smallest absolute Gasteiger partial charge is 0.225 e. The van der Waals surface area contributed by atoms with Crippen molar-refractivity contribution in [3.8, 4) is 17.2 Å². The zero-order chi connectivity index (χ0) is 20.1. The molecule has 3 rings (SSSR count). The van der Waals surface area contributed by atoms with Crippen LogP contribution in [-0.4, -0.2) is 45.2 Å². The number of methoxy groups -OCH3 is 3. The lowest BCUT2D eigenvalue weighted by Gasteiger charge is -2.29. The lowest BCUT2D eigenvalue weighted by Crippen LogP contribution is -2.33. The third-order valence-electron chi connectivity index (χ3n) is 4.89. The first kappa shape index (κ1) is 20.3. The number of hydrogen-bond acceptors (Lipinski definition) is 5. The summed E-state index contributed by atoms with van der Waals surface area (Å²) in [5.41, 5.74) is 3.06. The zero-order valence-electron chi connectivity index (χ0n) is 16.4. The van der Waals surface area contributed by atoms with E-state index in [2.05, 4.69) is 10.2 Å². The van der Waals surface area contributed by atoms with Gasteiger partial charge in [0.25, 0.3) is 0 Å². The van der Waals surface area contributed by atoms with Crippen LogP contribution in [0.5, 0.6) is 17.2 Å². The van der Waals surface area contributed by atoms with E-state index in [1.54, 1.807) is 39.5 Å². The monoisotopic (exact) mass is 404 g/mol. The SMILES string of the molecule is COc1ccc(Cl)cc1NC(=O)CCN1CCc2cc(OC)c(OC)cc2C1. The second kappa shape index (κ2) is 9.17. The molecule has 0 fully saturated rings. The Bertz CT molecular complexity index is 857. The highest BCUT2D eigenvalue weighted by Crippen LogP contribution is 2.33. The van der Waals surface area contributed by atoms with Crippen LogP contribution in [0.25, 0.3) is 0 Å². The molecule has 1 amide bonds. The molecule has 0 unspecified atom stereocenters. The number of anilines is 1. The van der Waals surface area contributed by atoms with Crippen LogP contribution in [0.3, 0.4) is 0 Å². The summed E-state index contributed by atoms with van der Waals surface area (Å²) in [6, 6.07) is 9.22. The third-order valence-corrected chi connectivity index (χ3v) is 5.12. The first-order valence-corrected chi connectivity index (χ1v) is 9.51. The number of hydrogen-bond donors (Lipinski definition) is 1. The van der Waals surface area contributed by atoms with Crippen LogP contribution in [0, 0.1) is 0 Å². The van der Waals surface area contributed by atoms with E-state index in [0.717, 1.165) is 31.0 Å². The molecule has 1 heterocycles. The molecule has 0 spiro atoms. The number of benzene rings is 2. The highest BCUT2D eigenvalue weighted by atomic mass is 35.5. The number of nitrogens with one attached hydrogen (secondary N) is 1. The number of amides is 1. The van der Waals surface area contributed by atoms with Crippen LogP contribution in [0.1, 0.15) is 17.5 Å². The maximum Gasteiger partial charge on any atom is 0.225 e. The molecule has 0 atom stereocenters. The van der Waals surface area contributed by atoms with E-state index in [1.165, 1.54) is 11.1 Å². The Morgan fingerprint density at radius 2 is 1.71 bits per heavy atom. The largest absolute Gasteiger partial charge is 0.495 e. The van der Waals surface area contributed by atoms with Crippen molar-refractivity contribution in [2.75, 3.05) is 39.7 Å². The van der Waals surface area contributed by atoms with Gasteiger partial charge in [-0.1, -0.05) is 11.6 Å². The summed E-state index contributed by atoms with van der Waals surface area (Å²) in [5.74, 6) is 2.00. The highest BCUT2D eigenvalue weighted by Gasteiger charge is 2.20. The topological polar surface area (TPSA) is 60.0 Å². The molecular formula is C21H25ClN2O4. The van der Waals surface area contributed by atoms with Gasteiger partial charge in [-0.25, -0.2) is 0 Å². The van der Waals surface area contributed by atoms with E-state index in [9.17, 15) is 4.79 Å². The van der Waals surface area contributed by atoms with Crippen molar-refractivity contribution in [1.82, 2.24) is 4.90 Å². The molecule has 7 heteroatoms. The van der Waals surface area contributed by atoms with E-state index in [-0.39, 0.29) is 5.91 Å². The van der Waals surface area contributed by atoms with Crippen LogP contribution in [0.15, 0.2) is 30.3 Å². The van der Waals surface area contributed by atoms with Gasteiger partial charge in [0.05, 0.1) is 27.0 Å². The van der Waals surface area contributed by atoms with Crippen LogP contribution in [-0.2, 0) is 17.8 Å². The van der Waals surface area contributed by atoms with Crippen LogP contribution in [0.4, 0.5) is 5.69 Å². The van der Waals surface area contributed by atoms with Crippen molar-refractivity contribution >= 4 is 23.2 Å². The van der Waals surface area contributed by atoms with E-state index in [4.69, 9.17) is 25.8 Å². The van der Waals surface area contributed by atoms with Gasteiger partial charge in [0.2, 0.25) is 5.91 Å².